The number of halogens is 1. The highest BCUT2D eigenvalue weighted by atomic mass is 35.5. The van der Waals surface area contributed by atoms with Crippen LogP contribution in [0, 0.1) is 22.0 Å². The van der Waals surface area contributed by atoms with Gasteiger partial charge in [-0.2, -0.15) is 0 Å². The Morgan fingerprint density at radius 3 is 2.81 bits per heavy atom. The molecule has 1 fully saturated rings. The molecule has 1 heterocycles. The van der Waals surface area contributed by atoms with Gasteiger partial charge in [0, 0.05) is 28.9 Å². The lowest BCUT2D eigenvalue weighted by atomic mass is 9.72. The number of non-ortho nitro benzene ring substituents is 1. The van der Waals surface area contributed by atoms with Crippen LogP contribution in [0.15, 0.2) is 24.4 Å². The van der Waals surface area contributed by atoms with Crippen molar-refractivity contribution in [2.75, 3.05) is 0 Å². The molecule has 1 aromatic heterocycles. The Morgan fingerprint density at radius 2 is 2.19 bits per heavy atom. The van der Waals surface area contributed by atoms with Gasteiger partial charge in [0.25, 0.3) is 5.69 Å². The van der Waals surface area contributed by atoms with Crippen LogP contribution in [0.25, 0.3) is 10.4 Å². The lowest BCUT2D eigenvalue weighted by Gasteiger charge is -2.37. The van der Waals surface area contributed by atoms with E-state index in [9.17, 15) is 25.1 Å². The average molecular weight is 397 g/mol. The number of thiazole rings is 1. The van der Waals surface area contributed by atoms with Crippen LogP contribution >= 0.6 is 22.9 Å². The molecule has 0 amide bonds. The summed E-state index contributed by atoms with van der Waals surface area (Å²) < 4.78 is 0. The highest BCUT2D eigenvalue weighted by molar-refractivity contribution is 7.15. The third-order valence-corrected chi connectivity index (χ3v) is 6.27. The van der Waals surface area contributed by atoms with Crippen molar-refractivity contribution >= 4 is 34.6 Å². The van der Waals surface area contributed by atoms with Gasteiger partial charge in [-0.05, 0) is 31.2 Å². The van der Waals surface area contributed by atoms with Gasteiger partial charge >= 0.3 is 5.97 Å². The first-order chi connectivity index (χ1) is 12.2. The number of carboxylic acid groups (broad SMARTS) is 1. The molecule has 2 aromatic rings. The van der Waals surface area contributed by atoms with Gasteiger partial charge in [0.2, 0.25) is 0 Å². The molecule has 3 atom stereocenters. The molecule has 138 valence electrons. The van der Waals surface area contributed by atoms with Gasteiger partial charge in [-0.15, -0.1) is 11.3 Å². The summed E-state index contributed by atoms with van der Waals surface area (Å²) in [4.78, 5) is 26.7. The second kappa shape index (κ2) is 6.94. The Bertz CT molecular complexity index is 871. The molecule has 3 rings (SSSR count). The standard InChI is InChI=1S/C17H17ClN2O5S/c1-9-7-17(23,3-2-13(9)15(21)22)16-19-8-14(26-16)10-4-11(18)6-12(5-10)20(24)25/h4-6,8-9,13,23H,2-3,7H2,1H3,(H,21,22)/t9?,13?,17-/m0/s1. The van der Waals surface area contributed by atoms with Crippen LogP contribution < -0.4 is 0 Å². The molecule has 0 saturated heterocycles. The van der Waals surface area contributed by atoms with Crippen molar-refractivity contribution in [2.24, 2.45) is 11.8 Å². The van der Waals surface area contributed by atoms with E-state index in [1.165, 1.54) is 23.5 Å². The minimum atomic E-state index is -1.18. The molecule has 9 heteroatoms. The summed E-state index contributed by atoms with van der Waals surface area (Å²) in [6.07, 6.45) is 2.56. The van der Waals surface area contributed by atoms with E-state index in [0.29, 0.717) is 34.7 Å². The van der Waals surface area contributed by atoms with E-state index >= 15 is 0 Å². The molecule has 0 radical (unpaired) electrons. The molecule has 7 nitrogen and oxygen atoms in total. The molecule has 1 aromatic carbocycles. The van der Waals surface area contributed by atoms with E-state index in [0.717, 1.165) is 0 Å². The summed E-state index contributed by atoms with van der Waals surface area (Å²) in [5.41, 5.74) is -0.737. The van der Waals surface area contributed by atoms with Gasteiger partial charge in [0.15, 0.2) is 0 Å². The fourth-order valence-corrected chi connectivity index (χ4v) is 4.72. The first-order valence-electron chi connectivity index (χ1n) is 8.06. The summed E-state index contributed by atoms with van der Waals surface area (Å²) in [6, 6.07) is 4.30. The zero-order valence-electron chi connectivity index (χ0n) is 13.9. The van der Waals surface area contributed by atoms with Gasteiger partial charge in [-0.1, -0.05) is 18.5 Å². The van der Waals surface area contributed by atoms with E-state index in [2.05, 4.69) is 4.98 Å². The predicted molar refractivity (Wildman–Crippen MR) is 97.3 cm³/mol. The van der Waals surface area contributed by atoms with Gasteiger partial charge < -0.3 is 10.2 Å². The first kappa shape index (κ1) is 18.8. The van der Waals surface area contributed by atoms with Crippen molar-refractivity contribution in [3.63, 3.8) is 0 Å². The molecule has 0 aliphatic heterocycles. The maximum atomic E-state index is 11.3. The van der Waals surface area contributed by atoms with Crippen LogP contribution in [-0.2, 0) is 10.4 Å². The Morgan fingerprint density at radius 1 is 1.46 bits per heavy atom. The number of nitrogens with zero attached hydrogens (tertiary/aromatic N) is 2. The highest BCUT2D eigenvalue weighted by Gasteiger charge is 2.43. The molecule has 26 heavy (non-hydrogen) atoms. The number of rotatable bonds is 4. The van der Waals surface area contributed by atoms with E-state index in [1.54, 1.807) is 12.3 Å². The molecule has 0 spiro atoms. The molecule has 1 saturated carbocycles. The van der Waals surface area contributed by atoms with Gasteiger partial charge in [-0.3, -0.25) is 14.9 Å². The molecule has 0 bridgehead atoms. The number of hydrogen-bond donors (Lipinski definition) is 2. The summed E-state index contributed by atoms with van der Waals surface area (Å²) >= 11 is 7.21. The van der Waals surface area contributed by atoms with Crippen LogP contribution in [0.3, 0.4) is 0 Å². The Labute approximate surface area is 158 Å². The van der Waals surface area contributed by atoms with E-state index in [1.807, 2.05) is 6.92 Å². The fraction of sp³-hybridized carbons (Fsp3) is 0.412. The van der Waals surface area contributed by atoms with Crippen molar-refractivity contribution in [3.05, 3.63) is 44.5 Å². The van der Waals surface area contributed by atoms with Crippen LogP contribution in [0.1, 0.15) is 31.2 Å². The second-order valence-corrected chi connectivity index (χ2v) is 8.15. The number of benzene rings is 1. The summed E-state index contributed by atoms with van der Waals surface area (Å²) in [6.45, 7) is 1.82. The number of hydrogen-bond acceptors (Lipinski definition) is 6. The van der Waals surface area contributed by atoms with Gasteiger partial charge in [-0.25, -0.2) is 4.98 Å². The number of nitro benzene ring substituents is 1. The molecular weight excluding hydrogens is 380 g/mol. The minimum Gasteiger partial charge on any atom is -0.481 e. The Kier molecular flexibility index (Phi) is 5.01. The van der Waals surface area contributed by atoms with Crippen molar-refractivity contribution in [1.29, 1.82) is 0 Å². The number of aromatic nitrogens is 1. The van der Waals surface area contributed by atoms with Gasteiger partial charge in [0.1, 0.15) is 10.6 Å². The van der Waals surface area contributed by atoms with Crippen LogP contribution in [-0.4, -0.2) is 26.1 Å². The van der Waals surface area contributed by atoms with E-state index in [-0.39, 0.29) is 16.6 Å². The van der Waals surface area contributed by atoms with Crippen molar-refractivity contribution in [3.8, 4) is 10.4 Å². The Balaban J connectivity index is 1.89. The first-order valence-corrected chi connectivity index (χ1v) is 9.26. The van der Waals surface area contributed by atoms with Crippen LogP contribution in [0.4, 0.5) is 5.69 Å². The lowest BCUT2D eigenvalue weighted by Crippen LogP contribution is -2.38. The van der Waals surface area contributed by atoms with Crippen LogP contribution in [0.2, 0.25) is 5.02 Å². The Hall–Kier alpha value is -2.03. The zero-order valence-corrected chi connectivity index (χ0v) is 15.5. The fourth-order valence-electron chi connectivity index (χ4n) is 3.46. The lowest BCUT2D eigenvalue weighted by molar-refractivity contribution is -0.384. The highest BCUT2D eigenvalue weighted by Crippen LogP contribution is 2.45. The molecule has 1 aliphatic carbocycles. The number of aliphatic hydroxyl groups is 1. The molecule has 2 N–H and O–H groups in total. The maximum absolute atomic E-state index is 11.3. The normalized spacial score (nSPS) is 25.8. The third kappa shape index (κ3) is 3.58. The topological polar surface area (TPSA) is 114 Å². The molecule has 2 unspecified atom stereocenters. The van der Waals surface area contributed by atoms with E-state index in [4.69, 9.17) is 11.6 Å². The third-order valence-electron chi connectivity index (χ3n) is 4.81. The van der Waals surface area contributed by atoms with Crippen molar-refractivity contribution in [1.82, 2.24) is 4.98 Å². The number of carbonyl (C=O) groups is 1. The van der Waals surface area contributed by atoms with Crippen molar-refractivity contribution in [2.45, 2.75) is 31.8 Å². The van der Waals surface area contributed by atoms with Crippen molar-refractivity contribution < 1.29 is 19.9 Å². The molecular formula is C17H17ClN2O5S. The maximum Gasteiger partial charge on any atom is 0.306 e. The summed E-state index contributed by atoms with van der Waals surface area (Å²) in [5.74, 6) is -1.48. The predicted octanol–water partition coefficient (Wildman–Crippen LogP) is 4.08. The average Bonchev–Trinajstić information content (AvgIpc) is 3.04. The second-order valence-electron chi connectivity index (χ2n) is 6.68. The zero-order chi connectivity index (χ0) is 19.1. The number of carboxylic acids is 1. The quantitative estimate of drug-likeness (QED) is 0.594. The monoisotopic (exact) mass is 396 g/mol. The van der Waals surface area contributed by atoms with E-state index < -0.39 is 22.4 Å². The largest absolute Gasteiger partial charge is 0.481 e. The minimum absolute atomic E-state index is 0.114. The van der Waals surface area contributed by atoms with Crippen LogP contribution in [0.5, 0.6) is 0 Å². The van der Waals surface area contributed by atoms with Gasteiger partial charge in [0.05, 0.1) is 15.7 Å². The number of aliphatic carboxylic acids is 1. The SMILES string of the molecule is CC1C[C@](O)(c2ncc(-c3cc(Cl)cc([N+](=O)[O-])c3)s2)CCC1C(=O)O. The summed E-state index contributed by atoms with van der Waals surface area (Å²) in [7, 11) is 0. The molecule has 1 aliphatic rings. The smallest absolute Gasteiger partial charge is 0.306 e. The number of nitro groups is 1. The summed E-state index contributed by atoms with van der Waals surface area (Å²) in [5, 5.41) is 32.0.